The van der Waals surface area contributed by atoms with Gasteiger partial charge in [-0.25, -0.2) is 4.79 Å². The molecular formula is C26H38N4O6. The molecule has 10 nitrogen and oxygen atoms in total. The van der Waals surface area contributed by atoms with Gasteiger partial charge >= 0.3 is 5.97 Å². The van der Waals surface area contributed by atoms with E-state index >= 15 is 0 Å². The molecule has 0 aliphatic carbocycles. The van der Waals surface area contributed by atoms with Crippen LogP contribution in [0.1, 0.15) is 51.5 Å². The second kappa shape index (κ2) is 12.3. The number of amides is 3. The number of rotatable bonds is 10. The lowest BCUT2D eigenvalue weighted by Gasteiger charge is -2.33. The van der Waals surface area contributed by atoms with Gasteiger partial charge in [0.15, 0.2) is 0 Å². The van der Waals surface area contributed by atoms with Gasteiger partial charge < -0.3 is 31.1 Å². The smallest absolute Gasteiger partial charge is 0.326 e. The Morgan fingerprint density at radius 2 is 1.64 bits per heavy atom. The average Bonchev–Trinajstić information content (AvgIpc) is 3.52. The molecule has 0 bridgehead atoms. The molecule has 2 saturated heterocycles. The van der Waals surface area contributed by atoms with Crippen molar-refractivity contribution < 1.29 is 29.4 Å². The van der Waals surface area contributed by atoms with Crippen molar-refractivity contribution in [1.29, 1.82) is 0 Å². The number of nitrogens with one attached hydrogen (secondary N) is 1. The van der Waals surface area contributed by atoms with Crippen molar-refractivity contribution in [2.45, 2.75) is 82.6 Å². The minimum atomic E-state index is -1.51. The van der Waals surface area contributed by atoms with Crippen molar-refractivity contribution in [2.75, 3.05) is 13.1 Å². The zero-order valence-corrected chi connectivity index (χ0v) is 21.0. The van der Waals surface area contributed by atoms with Gasteiger partial charge in [-0.15, -0.1) is 0 Å². The number of nitrogens with zero attached hydrogens (tertiary/aromatic N) is 2. The Morgan fingerprint density at radius 3 is 2.25 bits per heavy atom. The number of carbonyl (C=O) groups is 4. The first-order valence-electron chi connectivity index (χ1n) is 12.7. The largest absolute Gasteiger partial charge is 0.480 e. The summed E-state index contributed by atoms with van der Waals surface area (Å²) < 4.78 is 0. The Bertz CT molecular complexity index is 940. The van der Waals surface area contributed by atoms with Crippen LogP contribution >= 0.6 is 0 Å². The first kappa shape index (κ1) is 27.6. The second-order valence-electron chi connectivity index (χ2n) is 10.2. The first-order valence-corrected chi connectivity index (χ1v) is 12.7. The van der Waals surface area contributed by atoms with Crippen molar-refractivity contribution in [3.05, 3.63) is 35.9 Å². The minimum absolute atomic E-state index is 0.0566. The maximum atomic E-state index is 13.6. The third kappa shape index (κ3) is 6.61. The van der Waals surface area contributed by atoms with E-state index in [9.17, 15) is 29.4 Å². The molecule has 3 amide bonds. The van der Waals surface area contributed by atoms with Gasteiger partial charge in [-0.05, 0) is 50.0 Å². The highest BCUT2D eigenvalue weighted by Crippen LogP contribution is 2.26. The Kier molecular flexibility index (Phi) is 9.44. The van der Waals surface area contributed by atoms with Crippen LogP contribution in [-0.2, 0) is 25.6 Å². The van der Waals surface area contributed by atoms with Gasteiger partial charge in [0.2, 0.25) is 11.8 Å². The number of carboxylic acid groups (broad SMARTS) is 1. The van der Waals surface area contributed by atoms with E-state index in [0.29, 0.717) is 51.6 Å². The summed E-state index contributed by atoms with van der Waals surface area (Å²) in [5.74, 6) is -2.47. The summed E-state index contributed by atoms with van der Waals surface area (Å²) in [6.07, 6.45) is 1.17. The lowest BCUT2D eigenvalue weighted by atomic mass is 9.99. The van der Waals surface area contributed by atoms with Crippen LogP contribution in [0.5, 0.6) is 0 Å². The molecule has 5 N–H and O–H groups in total. The fourth-order valence-corrected chi connectivity index (χ4v) is 5.11. The summed E-state index contributed by atoms with van der Waals surface area (Å²) in [4.78, 5) is 54.1. The van der Waals surface area contributed by atoms with Crippen LogP contribution in [0.4, 0.5) is 0 Å². The normalized spacial score (nSPS) is 22.4. The Labute approximate surface area is 211 Å². The Hall–Kier alpha value is -2.98. The molecule has 0 saturated carbocycles. The van der Waals surface area contributed by atoms with E-state index in [4.69, 9.17) is 5.73 Å². The van der Waals surface area contributed by atoms with Gasteiger partial charge in [0.1, 0.15) is 24.2 Å². The van der Waals surface area contributed by atoms with Gasteiger partial charge in [0.05, 0.1) is 0 Å². The highest BCUT2D eigenvalue weighted by atomic mass is 16.4. The van der Waals surface area contributed by atoms with E-state index in [1.807, 2.05) is 44.2 Å². The van der Waals surface area contributed by atoms with Crippen LogP contribution in [0.25, 0.3) is 0 Å². The number of aliphatic hydroxyl groups is 1. The summed E-state index contributed by atoms with van der Waals surface area (Å²) >= 11 is 0. The molecule has 0 radical (unpaired) electrons. The molecule has 2 aliphatic heterocycles. The van der Waals surface area contributed by atoms with E-state index in [-0.39, 0.29) is 11.8 Å². The second-order valence-corrected chi connectivity index (χ2v) is 10.2. The number of carboxylic acids is 1. The fourth-order valence-electron chi connectivity index (χ4n) is 5.11. The van der Waals surface area contributed by atoms with Crippen LogP contribution in [0, 0.1) is 5.92 Å². The van der Waals surface area contributed by atoms with Crippen molar-refractivity contribution in [2.24, 2.45) is 11.7 Å². The van der Waals surface area contributed by atoms with E-state index in [1.165, 1.54) is 9.80 Å². The molecule has 3 rings (SSSR count). The lowest BCUT2D eigenvalue weighted by molar-refractivity contribution is -0.152. The predicted molar refractivity (Wildman–Crippen MR) is 133 cm³/mol. The number of hydrogen-bond acceptors (Lipinski definition) is 6. The summed E-state index contributed by atoms with van der Waals surface area (Å²) in [6.45, 7) is 4.53. The molecule has 2 fully saturated rings. The number of nitrogens with two attached hydrogens (primary N) is 1. The number of carbonyl (C=O) groups excluding carboxylic acids is 3. The van der Waals surface area contributed by atoms with Gasteiger partial charge in [-0.2, -0.15) is 0 Å². The van der Waals surface area contributed by atoms with Crippen molar-refractivity contribution in [3.8, 4) is 0 Å². The topological polar surface area (TPSA) is 153 Å². The van der Waals surface area contributed by atoms with E-state index in [0.717, 1.165) is 5.56 Å². The van der Waals surface area contributed by atoms with Gasteiger partial charge in [-0.1, -0.05) is 44.2 Å². The molecule has 10 heteroatoms. The minimum Gasteiger partial charge on any atom is -0.480 e. The average molecular weight is 503 g/mol. The molecular weight excluding hydrogens is 464 g/mol. The van der Waals surface area contributed by atoms with Crippen LogP contribution in [0.2, 0.25) is 0 Å². The maximum absolute atomic E-state index is 13.6. The van der Waals surface area contributed by atoms with E-state index < -0.39 is 48.1 Å². The molecule has 2 aliphatic rings. The fraction of sp³-hybridized carbons (Fsp3) is 0.615. The number of likely N-dealkylation sites (tertiary alicyclic amines) is 2. The van der Waals surface area contributed by atoms with Crippen molar-refractivity contribution in [3.63, 3.8) is 0 Å². The zero-order chi connectivity index (χ0) is 26.4. The molecule has 2 heterocycles. The molecule has 1 aromatic carbocycles. The van der Waals surface area contributed by atoms with Crippen molar-refractivity contribution in [1.82, 2.24) is 15.1 Å². The molecule has 5 atom stereocenters. The van der Waals surface area contributed by atoms with Crippen molar-refractivity contribution >= 4 is 23.7 Å². The SMILES string of the molecule is CC(C)CC(NC(=O)C(O)C(N)Cc1ccccc1)C(=O)N1CCC[C@H]1C(=O)N1CCC[C@H]1C(=O)O. The maximum Gasteiger partial charge on any atom is 0.326 e. The Balaban J connectivity index is 1.69. The number of aliphatic hydroxyl groups excluding tert-OH is 1. The monoisotopic (exact) mass is 502 g/mol. The van der Waals surface area contributed by atoms with Gasteiger partial charge in [0, 0.05) is 19.1 Å². The first-order chi connectivity index (χ1) is 17.1. The summed E-state index contributed by atoms with van der Waals surface area (Å²) in [5, 5.41) is 22.7. The highest BCUT2D eigenvalue weighted by Gasteiger charge is 2.43. The standard InChI is InChI=1S/C26H38N4O6/c1-16(2)14-19(28-23(32)22(31)18(27)15-17-8-4-3-5-9-17)24(33)29-12-6-10-20(29)25(34)30-13-7-11-21(30)26(35)36/h3-5,8-9,16,18-22,31H,6-7,10-15,27H2,1-2H3,(H,28,32)(H,35,36)/t18?,19?,20-,21-,22?/m0/s1. The van der Waals surface area contributed by atoms with Crippen LogP contribution in [0.3, 0.4) is 0 Å². The molecule has 1 aromatic rings. The Morgan fingerprint density at radius 1 is 1.03 bits per heavy atom. The number of aliphatic carboxylic acids is 1. The van der Waals surface area contributed by atoms with Crippen LogP contribution in [0.15, 0.2) is 30.3 Å². The predicted octanol–water partition coefficient (Wildman–Crippen LogP) is 0.515. The van der Waals surface area contributed by atoms with E-state index in [1.54, 1.807) is 0 Å². The third-order valence-corrected chi connectivity index (χ3v) is 6.95. The number of hydrogen-bond donors (Lipinski definition) is 4. The summed E-state index contributed by atoms with van der Waals surface area (Å²) in [5.41, 5.74) is 6.97. The molecule has 0 aromatic heterocycles. The molecule has 198 valence electrons. The zero-order valence-electron chi connectivity index (χ0n) is 21.0. The van der Waals surface area contributed by atoms with Crippen LogP contribution in [-0.4, -0.2) is 87.1 Å². The van der Waals surface area contributed by atoms with Gasteiger partial charge in [0.25, 0.3) is 5.91 Å². The highest BCUT2D eigenvalue weighted by molar-refractivity contribution is 5.94. The molecule has 0 spiro atoms. The third-order valence-electron chi connectivity index (χ3n) is 6.95. The van der Waals surface area contributed by atoms with Gasteiger partial charge in [-0.3, -0.25) is 14.4 Å². The molecule has 3 unspecified atom stereocenters. The quantitative estimate of drug-likeness (QED) is 0.364. The van der Waals surface area contributed by atoms with Crippen LogP contribution < -0.4 is 11.1 Å². The summed E-state index contributed by atoms with van der Waals surface area (Å²) in [7, 11) is 0. The summed E-state index contributed by atoms with van der Waals surface area (Å²) in [6, 6.07) is 5.86. The van der Waals surface area contributed by atoms with E-state index in [2.05, 4.69) is 5.32 Å². The molecule has 36 heavy (non-hydrogen) atoms. The lowest BCUT2D eigenvalue weighted by Crippen LogP contribution is -2.57. The number of benzene rings is 1.